The number of ether oxygens (including phenoxy) is 1. The van der Waals surface area contributed by atoms with Gasteiger partial charge in [-0.3, -0.25) is 9.69 Å². The van der Waals surface area contributed by atoms with E-state index in [4.69, 9.17) is 16.3 Å². The molecule has 1 saturated heterocycles. The van der Waals surface area contributed by atoms with Crippen LogP contribution in [-0.4, -0.2) is 48.1 Å². The molecular formula is C12H18ClN3O2S. The first-order valence-electron chi connectivity index (χ1n) is 6.40. The van der Waals surface area contributed by atoms with Crippen molar-refractivity contribution >= 4 is 28.8 Å². The van der Waals surface area contributed by atoms with Gasteiger partial charge in [0.15, 0.2) is 4.47 Å². The van der Waals surface area contributed by atoms with Crippen LogP contribution in [0.3, 0.4) is 0 Å². The number of amides is 1. The van der Waals surface area contributed by atoms with E-state index in [1.54, 1.807) is 6.20 Å². The molecule has 19 heavy (non-hydrogen) atoms. The summed E-state index contributed by atoms with van der Waals surface area (Å²) in [6.45, 7) is 5.29. The van der Waals surface area contributed by atoms with Crippen LogP contribution in [0.15, 0.2) is 6.20 Å². The third-order valence-corrected chi connectivity index (χ3v) is 4.08. The summed E-state index contributed by atoms with van der Waals surface area (Å²) in [5.74, 6) is 0.0390. The Morgan fingerprint density at radius 3 is 3.26 bits per heavy atom. The highest BCUT2D eigenvalue weighted by Crippen LogP contribution is 2.21. The molecule has 1 N–H and O–H groups in total. The van der Waals surface area contributed by atoms with Crippen LogP contribution in [0.25, 0.3) is 0 Å². The van der Waals surface area contributed by atoms with Crippen LogP contribution >= 0.6 is 22.9 Å². The highest BCUT2D eigenvalue weighted by Gasteiger charge is 2.29. The average molecular weight is 304 g/mol. The number of nitrogens with one attached hydrogen (secondary N) is 1. The minimum absolute atomic E-state index is 0.0390. The Morgan fingerprint density at radius 1 is 1.74 bits per heavy atom. The van der Waals surface area contributed by atoms with Gasteiger partial charge < -0.3 is 10.1 Å². The molecule has 0 spiro atoms. The summed E-state index contributed by atoms with van der Waals surface area (Å²) in [5.41, 5.74) is 0. The van der Waals surface area contributed by atoms with E-state index in [0.29, 0.717) is 30.8 Å². The minimum atomic E-state index is -0.221. The maximum Gasteiger partial charge on any atom is 0.239 e. The lowest BCUT2D eigenvalue weighted by atomic mass is 10.2. The molecule has 1 aliphatic heterocycles. The first-order chi connectivity index (χ1) is 9.20. The zero-order valence-corrected chi connectivity index (χ0v) is 12.5. The van der Waals surface area contributed by atoms with Crippen molar-refractivity contribution in [2.45, 2.75) is 25.9 Å². The van der Waals surface area contributed by atoms with E-state index < -0.39 is 0 Å². The van der Waals surface area contributed by atoms with Crippen molar-refractivity contribution in [1.29, 1.82) is 0 Å². The molecule has 7 heteroatoms. The highest BCUT2D eigenvalue weighted by atomic mass is 35.5. The van der Waals surface area contributed by atoms with Crippen LogP contribution in [0.4, 0.5) is 0 Å². The Labute approximate surface area is 121 Å². The fourth-order valence-electron chi connectivity index (χ4n) is 1.99. The predicted molar refractivity (Wildman–Crippen MR) is 75.4 cm³/mol. The number of carbonyl (C=O) groups is 1. The van der Waals surface area contributed by atoms with E-state index in [1.165, 1.54) is 11.3 Å². The molecule has 106 valence electrons. The van der Waals surface area contributed by atoms with Gasteiger partial charge >= 0.3 is 0 Å². The van der Waals surface area contributed by atoms with Crippen molar-refractivity contribution in [1.82, 2.24) is 15.2 Å². The molecule has 1 atom stereocenters. The van der Waals surface area contributed by atoms with E-state index in [2.05, 4.69) is 15.2 Å². The summed E-state index contributed by atoms with van der Waals surface area (Å²) in [5, 5.41) is 2.92. The molecule has 1 fully saturated rings. The van der Waals surface area contributed by atoms with E-state index in [9.17, 15) is 4.79 Å². The average Bonchev–Trinajstić information content (AvgIpc) is 2.82. The molecule has 2 rings (SSSR count). The van der Waals surface area contributed by atoms with Crippen molar-refractivity contribution in [3.05, 3.63) is 15.5 Å². The Hall–Kier alpha value is -0.690. The van der Waals surface area contributed by atoms with Crippen LogP contribution in [0.5, 0.6) is 0 Å². The number of halogens is 1. The van der Waals surface area contributed by atoms with Gasteiger partial charge in [-0.25, -0.2) is 4.98 Å². The quantitative estimate of drug-likeness (QED) is 0.896. The molecule has 1 amide bonds. The van der Waals surface area contributed by atoms with E-state index in [0.717, 1.165) is 17.8 Å². The molecule has 1 aromatic heterocycles. The van der Waals surface area contributed by atoms with Crippen molar-refractivity contribution in [2.24, 2.45) is 0 Å². The number of hydrogen-bond donors (Lipinski definition) is 1. The highest BCUT2D eigenvalue weighted by molar-refractivity contribution is 7.15. The third-order valence-electron chi connectivity index (χ3n) is 2.98. The Morgan fingerprint density at radius 2 is 2.58 bits per heavy atom. The molecule has 0 radical (unpaired) electrons. The zero-order chi connectivity index (χ0) is 13.7. The number of morpholine rings is 1. The van der Waals surface area contributed by atoms with E-state index >= 15 is 0 Å². The van der Waals surface area contributed by atoms with Gasteiger partial charge in [-0.2, -0.15) is 0 Å². The predicted octanol–water partition coefficient (Wildman–Crippen LogP) is 1.52. The molecule has 0 aromatic carbocycles. The monoisotopic (exact) mass is 303 g/mol. The van der Waals surface area contributed by atoms with Gasteiger partial charge in [-0.1, -0.05) is 18.5 Å². The van der Waals surface area contributed by atoms with Crippen LogP contribution in [-0.2, 0) is 16.1 Å². The molecule has 5 nitrogen and oxygen atoms in total. The molecule has 1 unspecified atom stereocenters. The second-order valence-electron chi connectivity index (χ2n) is 4.43. The number of thiazole rings is 1. The fraction of sp³-hybridized carbons (Fsp3) is 0.667. The van der Waals surface area contributed by atoms with Crippen LogP contribution < -0.4 is 5.32 Å². The van der Waals surface area contributed by atoms with Crippen molar-refractivity contribution in [3.8, 4) is 0 Å². The van der Waals surface area contributed by atoms with Gasteiger partial charge in [-0.05, 0) is 6.42 Å². The molecule has 1 aromatic rings. The number of carbonyl (C=O) groups excluding carboxylic acids is 1. The molecule has 0 bridgehead atoms. The number of nitrogens with zero attached hydrogens (tertiary/aromatic N) is 2. The smallest absolute Gasteiger partial charge is 0.239 e. The normalized spacial score (nSPS) is 20.4. The third kappa shape index (κ3) is 4.14. The standard InChI is InChI=1S/C12H18ClN3O2S/c1-2-3-14-11(17)10-8-18-5-4-16(10)7-9-6-15-12(13)19-9/h6,10H,2-5,7-8H2,1H3,(H,14,17). The number of hydrogen-bond acceptors (Lipinski definition) is 5. The lowest BCUT2D eigenvalue weighted by Crippen LogP contribution is -2.53. The van der Waals surface area contributed by atoms with Crippen molar-refractivity contribution < 1.29 is 9.53 Å². The van der Waals surface area contributed by atoms with E-state index in [1.807, 2.05) is 6.92 Å². The SMILES string of the molecule is CCCNC(=O)C1COCCN1Cc1cnc(Cl)s1. The van der Waals surface area contributed by atoms with Gasteiger partial charge in [0.05, 0.1) is 13.2 Å². The lowest BCUT2D eigenvalue weighted by Gasteiger charge is -2.34. The van der Waals surface area contributed by atoms with Gasteiger partial charge in [0.25, 0.3) is 0 Å². The number of aromatic nitrogens is 1. The summed E-state index contributed by atoms with van der Waals surface area (Å²) in [6, 6.07) is -0.221. The van der Waals surface area contributed by atoms with Crippen molar-refractivity contribution in [3.63, 3.8) is 0 Å². The number of rotatable bonds is 5. The first-order valence-corrected chi connectivity index (χ1v) is 7.60. The summed E-state index contributed by atoms with van der Waals surface area (Å²) in [7, 11) is 0. The fourth-order valence-corrected chi connectivity index (χ4v) is 3.00. The topological polar surface area (TPSA) is 54.5 Å². The van der Waals surface area contributed by atoms with Gasteiger partial charge in [0.1, 0.15) is 6.04 Å². The summed E-state index contributed by atoms with van der Waals surface area (Å²) >= 11 is 7.28. The second kappa shape index (κ2) is 7.19. The van der Waals surface area contributed by atoms with Gasteiger partial charge in [0, 0.05) is 30.7 Å². The van der Waals surface area contributed by atoms with Crippen LogP contribution in [0.1, 0.15) is 18.2 Å². The molecule has 1 aliphatic rings. The largest absolute Gasteiger partial charge is 0.378 e. The maximum absolute atomic E-state index is 12.1. The Balaban J connectivity index is 1.97. The molecule has 0 saturated carbocycles. The Kier molecular flexibility index (Phi) is 5.57. The Bertz CT molecular complexity index is 427. The van der Waals surface area contributed by atoms with Crippen LogP contribution in [0, 0.1) is 0 Å². The first kappa shape index (κ1) is 14.7. The molecular weight excluding hydrogens is 286 g/mol. The summed E-state index contributed by atoms with van der Waals surface area (Å²) in [6.07, 6.45) is 2.70. The summed E-state index contributed by atoms with van der Waals surface area (Å²) in [4.78, 5) is 19.3. The van der Waals surface area contributed by atoms with Crippen molar-refractivity contribution in [2.75, 3.05) is 26.3 Å². The van der Waals surface area contributed by atoms with E-state index in [-0.39, 0.29) is 11.9 Å². The maximum atomic E-state index is 12.1. The molecule has 0 aliphatic carbocycles. The molecule has 2 heterocycles. The summed E-state index contributed by atoms with van der Waals surface area (Å²) < 4.78 is 5.95. The zero-order valence-electron chi connectivity index (χ0n) is 10.9. The van der Waals surface area contributed by atoms with Crippen LogP contribution in [0.2, 0.25) is 4.47 Å². The minimum Gasteiger partial charge on any atom is -0.378 e. The second-order valence-corrected chi connectivity index (χ2v) is 6.13. The lowest BCUT2D eigenvalue weighted by molar-refractivity contribution is -0.132. The van der Waals surface area contributed by atoms with Gasteiger partial charge in [0.2, 0.25) is 5.91 Å². The van der Waals surface area contributed by atoms with Gasteiger partial charge in [-0.15, -0.1) is 11.3 Å².